The van der Waals surface area contributed by atoms with Crippen molar-refractivity contribution in [2.24, 2.45) is 0 Å². The molecule has 0 amide bonds. The van der Waals surface area contributed by atoms with Crippen molar-refractivity contribution in [1.82, 2.24) is 25.3 Å². The van der Waals surface area contributed by atoms with E-state index in [4.69, 9.17) is 16.2 Å². The Kier molecular flexibility index (Phi) is 3.63. The van der Waals surface area contributed by atoms with Crippen LogP contribution in [0.5, 0.6) is 0 Å². The van der Waals surface area contributed by atoms with E-state index in [0.29, 0.717) is 16.9 Å². The highest BCUT2D eigenvalue weighted by atomic mass is 16.6. The van der Waals surface area contributed by atoms with Gasteiger partial charge in [-0.15, -0.1) is 5.10 Å². The maximum Gasteiger partial charge on any atom is 0.361 e. The molecule has 0 saturated carbocycles. The van der Waals surface area contributed by atoms with Crippen LogP contribution in [0.15, 0.2) is 28.9 Å². The lowest BCUT2D eigenvalue weighted by atomic mass is 10.1. The number of hydrogen-bond donors (Lipinski definition) is 2. The maximum absolute atomic E-state index is 12.1. The molecule has 0 fully saturated rings. The van der Waals surface area contributed by atoms with Crippen LogP contribution in [0.4, 0.5) is 11.5 Å². The number of nitrogen functional groups attached to an aromatic ring is 2. The minimum atomic E-state index is -0.619. The van der Waals surface area contributed by atoms with Gasteiger partial charge in [0, 0.05) is 11.3 Å². The Bertz CT molecular complexity index is 855. The van der Waals surface area contributed by atoms with E-state index in [9.17, 15) is 4.79 Å². The van der Waals surface area contributed by atoms with Crippen LogP contribution in [-0.4, -0.2) is 37.9 Å². The zero-order valence-electron chi connectivity index (χ0n) is 12.1. The molecule has 118 valence electrons. The Balaban J connectivity index is 2.22. The molecule has 0 aliphatic carbocycles. The van der Waals surface area contributed by atoms with E-state index in [2.05, 4.69) is 25.3 Å². The summed E-state index contributed by atoms with van der Waals surface area (Å²) in [7, 11) is 0. The summed E-state index contributed by atoms with van der Waals surface area (Å²) in [6, 6.07) is 6.87. The number of hydrogen-bond acceptors (Lipinski definition) is 9. The summed E-state index contributed by atoms with van der Waals surface area (Å²) in [5.74, 6) is -0.493. The molecule has 0 aliphatic rings. The van der Waals surface area contributed by atoms with Crippen molar-refractivity contribution >= 4 is 17.5 Å². The van der Waals surface area contributed by atoms with Gasteiger partial charge in [-0.1, -0.05) is 17.3 Å². The van der Waals surface area contributed by atoms with E-state index in [1.54, 1.807) is 31.2 Å². The second-order valence-corrected chi connectivity index (χ2v) is 4.52. The first-order valence-corrected chi connectivity index (χ1v) is 6.69. The normalized spacial score (nSPS) is 10.7. The van der Waals surface area contributed by atoms with E-state index in [1.807, 2.05) is 0 Å². The van der Waals surface area contributed by atoms with E-state index >= 15 is 0 Å². The van der Waals surface area contributed by atoms with Crippen LogP contribution in [0.2, 0.25) is 0 Å². The van der Waals surface area contributed by atoms with Crippen molar-refractivity contribution in [2.75, 3.05) is 18.1 Å². The van der Waals surface area contributed by atoms with Crippen molar-refractivity contribution < 1.29 is 14.2 Å². The molecule has 0 spiro atoms. The molecule has 0 atom stereocenters. The third-order valence-corrected chi connectivity index (χ3v) is 3.00. The molecular weight excluding hydrogens is 302 g/mol. The molecule has 0 bridgehead atoms. The van der Waals surface area contributed by atoms with Gasteiger partial charge in [0.05, 0.1) is 6.61 Å². The summed E-state index contributed by atoms with van der Waals surface area (Å²) in [6.45, 7) is 1.90. The largest absolute Gasteiger partial charge is 0.461 e. The fraction of sp³-hybridized carbons (Fsp3) is 0.154. The van der Waals surface area contributed by atoms with Crippen molar-refractivity contribution in [3.8, 4) is 17.1 Å². The Morgan fingerprint density at radius 2 is 2.17 bits per heavy atom. The number of anilines is 2. The third-order valence-electron chi connectivity index (χ3n) is 3.00. The zero-order valence-corrected chi connectivity index (χ0v) is 12.1. The lowest BCUT2D eigenvalue weighted by Crippen LogP contribution is -2.08. The molecular formula is C13H13N7O3. The van der Waals surface area contributed by atoms with E-state index in [1.165, 1.54) is 4.68 Å². The van der Waals surface area contributed by atoms with Gasteiger partial charge < -0.3 is 16.2 Å². The SMILES string of the molecule is CCOC(=O)c1nnn(-c2nonc2N)c1-c1cccc(N)c1. The Morgan fingerprint density at radius 1 is 1.35 bits per heavy atom. The van der Waals surface area contributed by atoms with Gasteiger partial charge in [-0.3, -0.25) is 0 Å². The summed E-state index contributed by atoms with van der Waals surface area (Å²) < 4.78 is 10.8. The minimum absolute atomic E-state index is 0.00969. The fourth-order valence-electron chi connectivity index (χ4n) is 2.05. The lowest BCUT2D eigenvalue weighted by molar-refractivity contribution is 0.0520. The summed E-state index contributed by atoms with van der Waals surface area (Å²) in [4.78, 5) is 12.1. The Labute approximate surface area is 130 Å². The smallest absolute Gasteiger partial charge is 0.361 e. The molecule has 2 aromatic heterocycles. The Hall–Kier alpha value is -3.43. The molecule has 0 radical (unpaired) electrons. The van der Waals surface area contributed by atoms with E-state index in [-0.39, 0.29) is 23.9 Å². The zero-order chi connectivity index (χ0) is 16.4. The number of nitrogens with two attached hydrogens (primary N) is 2. The first-order chi connectivity index (χ1) is 11.1. The minimum Gasteiger partial charge on any atom is -0.461 e. The maximum atomic E-state index is 12.1. The third kappa shape index (κ3) is 2.57. The second kappa shape index (κ2) is 5.75. The number of carbonyl (C=O) groups excluding carboxylic acids is 1. The van der Waals surface area contributed by atoms with Gasteiger partial charge in [0.15, 0.2) is 5.69 Å². The molecule has 3 rings (SSSR count). The Morgan fingerprint density at radius 3 is 2.83 bits per heavy atom. The van der Waals surface area contributed by atoms with Crippen LogP contribution in [0.25, 0.3) is 17.1 Å². The van der Waals surface area contributed by atoms with E-state index in [0.717, 1.165) is 0 Å². The topological polar surface area (TPSA) is 148 Å². The van der Waals surface area contributed by atoms with Crippen molar-refractivity contribution in [3.63, 3.8) is 0 Å². The molecule has 0 saturated heterocycles. The number of ether oxygens (including phenoxy) is 1. The molecule has 1 aromatic carbocycles. The van der Waals surface area contributed by atoms with Crippen LogP contribution >= 0.6 is 0 Å². The molecule has 10 nitrogen and oxygen atoms in total. The highest BCUT2D eigenvalue weighted by molar-refractivity contribution is 5.94. The van der Waals surface area contributed by atoms with Gasteiger partial charge in [-0.2, -0.15) is 4.68 Å². The van der Waals surface area contributed by atoms with Gasteiger partial charge >= 0.3 is 5.97 Å². The van der Waals surface area contributed by atoms with Crippen LogP contribution in [0, 0.1) is 0 Å². The van der Waals surface area contributed by atoms with Crippen molar-refractivity contribution in [3.05, 3.63) is 30.0 Å². The highest BCUT2D eigenvalue weighted by Crippen LogP contribution is 2.28. The van der Waals surface area contributed by atoms with Gasteiger partial charge in [0.25, 0.3) is 0 Å². The van der Waals surface area contributed by atoms with Gasteiger partial charge in [0.1, 0.15) is 5.69 Å². The first-order valence-electron chi connectivity index (χ1n) is 6.69. The molecule has 0 aliphatic heterocycles. The number of esters is 1. The van der Waals surface area contributed by atoms with Crippen molar-refractivity contribution in [1.29, 1.82) is 0 Å². The van der Waals surface area contributed by atoms with E-state index < -0.39 is 5.97 Å². The number of carbonyl (C=O) groups is 1. The summed E-state index contributed by atoms with van der Waals surface area (Å²) >= 11 is 0. The molecule has 3 aromatic rings. The summed E-state index contributed by atoms with van der Waals surface area (Å²) in [6.07, 6.45) is 0. The average molecular weight is 315 g/mol. The van der Waals surface area contributed by atoms with Gasteiger partial charge in [-0.05, 0) is 29.4 Å². The molecule has 2 heterocycles. The predicted molar refractivity (Wildman–Crippen MR) is 79.4 cm³/mol. The number of benzene rings is 1. The van der Waals surface area contributed by atoms with Gasteiger partial charge in [-0.25, -0.2) is 9.42 Å². The van der Waals surface area contributed by atoms with Crippen molar-refractivity contribution in [2.45, 2.75) is 6.92 Å². The predicted octanol–water partition coefficient (Wildman–Crippen LogP) is 0.658. The number of rotatable bonds is 4. The molecule has 23 heavy (non-hydrogen) atoms. The van der Waals surface area contributed by atoms with Crippen LogP contribution in [-0.2, 0) is 4.74 Å². The molecule has 10 heteroatoms. The average Bonchev–Trinajstić information content (AvgIpc) is 3.13. The molecule has 4 N–H and O–H groups in total. The fourth-order valence-corrected chi connectivity index (χ4v) is 2.05. The van der Waals surface area contributed by atoms with Gasteiger partial charge in [0.2, 0.25) is 11.6 Å². The quantitative estimate of drug-likeness (QED) is 0.523. The number of aromatic nitrogens is 5. The monoisotopic (exact) mass is 315 g/mol. The lowest BCUT2D eigenvalue weighted by Gasteiger charge is -2.06. The van der Waals surface area contributed by atoms with Crippen LogP contribution in [0.1, 0.15) is 17.4 Å². The highest BCUT2D eigenvalue weighted by Gasteiger charge is 2.26. The van der Waals surface area contributed by atoms with Crippen LogP contribution < -0.4 is 11.5 Å². The van der Waals surface area contributed by atoms with Crippen LogP contribution in [0.3, 0.4) is 0 Å². The second-order valence-electron chi connectivity index (χ2n) is 4.52. The summed E-state index contributed by atoms with van der Waals surface area (Å²) in [5, 5.41) is 15.0. The molecule has 0 unspecified atom stereocenters. The first kappa shape index (κ1) is 14.5. The summed E-state index contributed by atoms with van der Waals surface area (Å²) in [5.41, 5.74) is 13.0. The standard InChI is InChI=1S/C13H13N7O3/c1-2-22-13(21)9-10(7-4-3-5-8(14)6-7)20(19-16-9)12-11(15)17-23-18-12/h3-6H,2,14H2,1H3,(H2,15,17). The number of nitrogens with zero attached hydrogens (tertiary/aromatic N) is 5.